The number of nitrogens with zero attached hydrogens (tertiary/aromatic N) is 4. The standard InChI is InChI=1S/C32H30F3N5O2S/c33-25-5-2-1-4-21(25)19-9-7-18(8-10-19)20-14-22(29(34)35)24-16-40(31(42)23(24)15-20)28(30(41)38-32-36-11-13-43-32)27-26-6-3-12-39(26)17-37-27/h7-11,13-15,17,21,25,28-29H,1-6,12,16H2,(H,36,38,41)/t21-,25+,28?/m1/s1. The third kappa shape index (κ3) is 5.03. The van der Waals surface area contributed by atoms with Gasteiger partial charge in [-0.05, 0) is 60.1 Å². The Labute approximate surface area is 250 Å². The highest BCUT2D eigenvalue weighted by molar-refractivity contribution is 7.13. The van der Waals surface area contributed by atoms with Crippen LogP contribution in [-0.2, 0) is 24.3 Å². The lowest BCUT2D eigenvalue weighted by Gasteiger charge is -2.26. The van der Waals surface area contributed by atoms with Gasteiger partial charge in [0.15, 0.2) is 11.2 Å². The van der Waals surface area contributed by atoms with Gasteiger partial charge in [0.2, 0.25) is 0 Å². The summed E-state index contributed by atoms with van der Waals surface area (Å²) in [6.45, 7) is 0.622. The van der Waals surface area contributed by atoms with Gasteiger partial charge in [-0.3, -0.25) is 14.9 Å². The Morgan fingerprint density at radius 3 is 2.60 bits per heavy atom. The number of benzene rings is 2. The number of rotatable bonds is 7. The third-order valence-corrected chi connectivity index (χ3v) is 9.65. The minimum Gasteiger partial charge on any atom is -0.334 e. The molecular formula is C32H30F3N5O2S. The molecule has 3 atom stereocenters. The van der Waals surface area contributed by atoms with E-state index in [1.807, 2.05) is 28.8 Å². The van der Waals surface area contributed by atoms with E-state index in [2.05, 4.69) is 15.3 Å². The average Bonchev–Trinajstić information content (AvgIpc) is 3.81. The van der Waals surface area contributed by atoms with Crippen LogP contribution in [0, 0.1) is 0 Å². The second-order valence-electron chi connectivity index (χ2n) is 11.5. The summed E-state index contributed by atoms with van der Waals surface area (Å²) < 4.78 is 45.6. The molecule has 4 aromatic rings. The van der Waals surface area contributed by atoms with Gasteiger partial charge >= 0.3 is 0 Å². The highest BCUT2D eigenvalue weighted by Gasteiger charge is 2.42. The van der Waals surface area contributed by atoms with Crippen LogP contribution < -0.4 is 5.32 Å². The lowest BCUT2D eigenvalue weighted by molar-refractivity contribution is -0.121. The fraction of sp³-hybridized carbons (Fsp3) is 0.375. The molecule has 0 spiro atoms. The average molecular weight is 606 g/mol. The van der Waals surface area contributed by atoms with Gasteiger partial charge in [0.25, 0.3) is 18.2 Å². The van der Waals surface area contributed by atoms with Crippen LogP contribution in [0.1, 0.15) is 88.9 Å². The molecule has 7 nitrogen and oxygen atoms in total. The summed E-state index contributed by atoms with van der Waals surface area (Å²) in [5, 5.41) is 4.89. The Balaban J connectivity index is 1.24. The molecule has 1 saturated carbocycles. The van der Waals surface area contributed by atoms with E-state index in [0.717, 1.165) is 43.5 Å². The van der Waals surface area contributed by atoms with Crippen LogP contribution in [0.2, 0.25) is 0 Å². The topological polar surface area (TPSA) is 80.1 Å². The van der Waals surface area contributed by atoms with Gasteiger partial charge in [0.1, 0.15) is 6.17 Å². The van der Waals surface area contributed by atoms with Crippen molar-refractivity contribution >= 4 is 28.3 Å². The van der Waals surface area contributed by atoms with Gasteiger partial charge in [0, 0.05) is 47.4 Å². The first-order valence-corrected chi connectivity index (χ1v) is 15.5. The molecule has 1 N–H and O–H groups in total. The van der Waals surface area contributed by atoms with Crippen molar-refractivity contribution in [2.24, 2.45) is 0 Å². The van der Waals surface area contributed by atoms with Crippen LogP contribution >= 0.6 is 11.3 Å². The zero-order valence-corrected chi connectivity index (χ0v) is 24.1. The third-order valence-electron chi connectivity index (χ3n) is 8.97. The number of thiazole rings is 1. The van der Waals surface area contributed by atoms with Crippen molar-refractivity contribution in [1.29, 1.82) is 0 Å². The van der Waals surface area contributed by atoms with E-state index in [0.29, 0.717) is 34.8 Å². The van der Waals surface area contributed by atoms with E-state index in [1.54, 1.807) is 24.0 Å². The molecule has 0 radical (unpaired) electrons. The van der Waals surface area contributed by atoms with E-state index in [-0.39, 0.29) is 29.2 Å². The van der Waals surface area contributed by atoms with Gasteiger partial charge in [0.05, 0.1) is 12.0 Å². The van der Waals surface area contributed by atoms with Crippen molar-refractivity contribution in [3.05, 3.63) is 87.9 Å². The number of aryl methyl sites for hydroxylation is 1. The van der Waals surface area contributed by atoms with Crippen molar-refractivity contribution in [1.82, 2.24) is 19.4 Å². The number of anilines is 1. The summed E-state index contributed by atoms with van der Waals surface area (Å²) in [6, 6.07) is 9.28. The predicted octanol–water partition coefficient (Wildman–Crippen LogP) is 7.22. The number of aromatic nitrogens is 3. The largest absolute Gasteiger partial charge is 0.334 e. The van der Waals surface area contributed by atoms with E-state index in [1.165, 1.54) is 22.3 Å². The summed E-state index contributed by atoms with van der Waals surface area (Å²) in [5.41, 5.74) is 3.48. The zero-order chi connectivity index (χ0) is 29.7. The molecule has 43 heavy (non-hydrogen) atoms. The first-order valence-electron chi connectivity index (χ1n) is 14.6. The molecule has 0 saturated heterocycles. The zero-order valence-electron chi connectivity index (χ0n) is 23.3. The van der Waals surface area contributed by atoms with Crippen LogP contribution in [0.4, 0.5) is 18.3 Å². The maximum absolute atomic E-state index is 14.6. The van der Waals surface area contributed by atoms with Gasteiger partial charge in [-0.25, -0.2) is 23.1 Å². The van der Waals surface area contributed by atoms with Crippen LogP contribution in [0.15, 0.2) is 54.3 Å². The number of imidazole rings is 1. The number of nitrogens with one attached hydrogen (secondary N) is 1. The Morgan fingerprint density at radius 2 is 1.86 bits per heavy atom. The minimum absolute atomic E-state index is 0.144. The molecule has 0 bridgehead atoms. The first-order chi connectivity index (χ1) is 20.9. The molecular weight excluding hydrogens is 575 g/mol. The number of carbonyl (C=O) groups excluding carboxylic acids is 2. The molecule has 3 aliphatic rings. The fourth-order valence-corrected chi connectivity index (χ4v) is 7.35. The number of amides is 2. The summed E-state index contributed by atoms with van der Waals surface area (Å²) in [7, 11) is 0. The monoisotopic (exact) mass is 605 g/mol. The van der Waals surface area contributed by atoms with Crippen molar-refractivity contribution in [2.45, 2.75) is 76.2 Å². The summed E-state index contributed by atoms with van der Waals surface area (Å²) >= 11 is 1.25. The van der Waals surface area contributed by atoms with E-state index >= 15 is 0 Å². The molecule has 2 aromatic carbocycles. The Hall–Kier alpha value is -3.99. The van der Waals surface area contributed by atoms with E-state index < -0.39 is 30.5 Å². The fourth-order valence-electron chi connectivity index (χ4n) is 6.82. The summed E-state index contributed by atoms with van der Waals surface area (Å²) in [6.07, 6.45) is 4.34. The molecule has 7 rings (SSSR count). The number of hydrogen-bond donors (Lipinski definition) is 1. The molecule has 1 aliphatic carbocycles. The second kappa shape index (κ2) is 11.3. The van der Waals surface area contributed by atoms with E-state index in [4.69, 9.17) is 0 Å². The van der Waals surface area contributed by atoms with Crippen LogP contribution in [0.3, 0.4) is 0 Å². The van der Waals surface area contributed by atoms with Crippen molar-refractivity contribution < 1.29 is 22.8 Å². The van der Waals surface area contributed by atoms with E-state index in [9.17, 15) is 22.8 Å². The predicted molar refractivity (Wildman–Crippen MR) is 157 cm³/mol. The molecule has 11 heteroatoms. The minimum atomic E-state index is -2.82. The maximum atomic E-state index is 14.6. The van der Waals surface area contributed by atoms with Gasteiger partial charge in [-0.2, -0.15) is 0 Å². The van der Waals surface area contributed by atoms with Gasteiger partial charge < -0.3 is 9.47 Å². The number of alkyl halides is 3. The van der Waals surface area contributed by atoms with Crippen LogP contribution in [0.25, 0.3) is 11.1 Å². The summed E-state index contributed by atoms with van der Waals surface area (Å²) in [5.74, 6) is -1.16. The molecule has 2 aliphatic heterocycles. The lowest BCUT2D eigenvalue weighted by Crippen LogP contribution is -2.38. The maximum Gasteiger partial charge on any atom is 0.264 e. The Bertz CT molecular complexity index is 1670. The SMILES string of the molecule is O=C(Nc1nccs1)C(c1ncn2c1CCC2)N1Cc2c(cc(-c3ccc([C@H]4CCCC[C@@H]4F)cc3)cc2C(F)F)C1=O. The van der Waals surface area contributed by atoms with Crippen LogP contribution in [-0.4, -0.2) is 37.4 Å². The normalized spacial score (nSPS) is 20.4. The Kier molecular flexibility index (Phi) is 7.28. The molecule has 1 fully saturated rings. The number of carbonyl (C=O) groups is 2. The molecule has 4 heterocycles. The van der Waals surface area contributed by atoms with Crippen LogP contribution in [0.5, 0.6) is 0 Å². The molecule has 2 amide bonds. The second-order valence-corrected chi connectivity index (χ2v) is 12.4. The van der Waals surface area contributed by atoms with Crippen molar-refractivity contribution in [3.8, 4) is 11.1 Å². The highest BCUT2D eigenvalue weighted by Crippen LogP contribution is 2.41. The van der Waals surface area contributed by atoms with Gasteiger partial charge in [-0.15, -0.1) is 11.3 Å². The summed E-state index contributed by atoms with van der Waals surface area (Å²) in [4.78, 5) is 37.7. The molecule has 1 unspecified atom stereocenters. The Morgan fingerprint density at radius 1 is 1.05 bits per heavy atom. The smallest absolute Gasteiger partial charge is 0.264 e. The van der Waals surface area contributed by atoms with Crippen molar-refractivity contribution in [2.75, 3.05) is 5.32 Å². The number of hydrogen-bond acceptors (Lipinski definition) is 5. The molecule has 2 aromatic heterocycles. The number of fused-ring (bicyclic) bond motifs is 2. The highest BCUT2D eigenvalue weighted by atomic mass is 32.1. The molecule has 222 valence electrons. The van der Waals surface area contributed by atoms with Crippen molar-refractivity contribution in [3.63, 3.8) is 0 Å². The first kappa shape index (κ1) is 27.8. The van der Waals surface area contributed by atoms with Gasteiger partial charge in [-0.1, -0.05) is 37.1 Å². The quantitative estimate of drug-likeness (QED) is 0.241. The number of halogens is 3. The lowest BCUT2D eigenvalue weighted by atomic mass is 9.82.